The number of nitrogens with one attached hydrogen (secondary N) is 1. The van der Waals surface area contributed by atoms with Gasteiger partial charge >= 0.3 is 5.97 Å². The average Bonchev–Trinajstić information content (AvgIpc) is 2.37. The highest BCUT2D eigenvalue weighted by Crippen LogP contribution is 2.22. The monoisotopic (exact) mass is 283 g/mol. The third-order valence-electron chi connectivity index (χ3n) is 3.64. The number of rotatable bonds is 6. The predicted molar refractivity (Wildman–Crippen MR) is 77.2 cm³/mol. The second kappa shape index (κ2) is 7.40. The standard InChI is InChI=1S/C14H25N3O3/c1-4-6-17(5-2)12-8-10(14(19)20)7-11(15)13(12)16-9(3)18/h8,11-13H,4-7,15H2,1-3H3,(H,16,18)(H,19,20)/t11-,12+,13+/m0/s1. The number of nitrogens with two attached hydrogens (primary N) is 1. The van der Waals surface area contributed by atoms with Gasteiger partial charge in [0.05, 0.1) is 12.1 Å². The Morgan fingerprint density at radius 3 is 2.60 bits per heavy atom. The van der Waals surface area contributed by atoms with Crippen molar-refractivity contribution in [2.75, 3.05) is 13.1 Å². The van der Waals surface area contributed by atoms with E-state index in [1.807, 2.05) is 6.92 Å². The molecule has 6 nitrogen and oxygen atoms in total. The summed E-state index contributed by atoms with van der Waals surface area (Å²) in [6, 6.07) is -0.799. The lowest BCUT2D eigenvalue weighted by Crippen LogP contribution is -2.60. The summed E-state index contributed by atoms with van der Waals surface area (Å²) >= 11 is 0. The molecule has 0 spiro atoms. The van der Waals surface area contributed by atoms with Crippen LogP contribution in [0.3, 0.4) is 0 Å². The molecule has 1 aliphatic carbocycles. The molecule has 0 aromatic rings. The molecule has 0 aromatic carbocycles. The van der Waals surface area contributed by atoms with Crippen LogP contribution in [-0.2, 0) is 9.59 Å². The lowest BCUT2D eigenvalue weighted by atomic mass is 9.86. The van der Waals surface area contributed by atoms with Gasteiger partial charge in [-0.2, -0.15) is 0 Å². The third kappa shape index (κ3) is 4.05. The zero-order valence-corrected chi connectivity index (χ0v) is 12.4. The fourth-order valence-corrected chi connectivity index (χ4v) is 2.74. The van der Waals surface area contributed by atoms with Gasteiger partial charge in [-0.05, 0) is 25.9 Å². The maximum absolute atomic E-state index is 11.4. The lowest BCUT2D eigenvalue weighted by Gasteiger charge is -2.40. The molecule has 1 amide bonds. The van der Waals surface area contributed by atoms with E-state index in [0.717, 1.165) is 19.5 Å². The Bertz CT molecular complexity index is 395. The van der Waals surface area contributed by atoms with Crippen LogP contribution in [0.1, 0.15) is 33.6 Å². The van der Waals surface area contributed by atoms with Gasteiger partial charge in [0.25, 0.3) is 0 Å². The van der Waals surface area contributed by atoms with Crippen LogP contribution in [0.15, 0.2) is 11.6 Å². The molecule has 1 rings (SSSR count). The second-order valence-electron chi connectivity index (χ2n) is 5.21. The first-order valence-electron chi connectivity index (χ1n) is 7.11. The van der Waals surface area contributed by atoms with E-state index in [4.69, 9.17) is 5.73 Å². The van der Waals surface area contributed by atoms with Crippen molar-refractivity contribution in [1.82, 2.24) is 10.2 Å². The van der Waals surface area contributed by atoms with Crippen LogP contribution in [-0.4, -0.2) is 53.1 Å². The number of likely N-dealkylation sites (N-methyl/N-ethyl adjacent to an activating group) is 1. The molecular formula is C14H25N3O3. The zero-order valence-electron chi connectivity index (χ0n) is 12.4. The summed E-state index contributed by atoms with van der Waals surface area (Å²) in [5.41, 5.74) is 6.42. The minimum atomic E-state index is -0.931. The number of aliphatic carboxylic acids is 1. The highest BCUT2D eigenvalue weighted by molar-refractivity contribution is 5.87. The molecule has 0 aromatic heterocycles. The molecule has 0 fully saturated rings. The van der Waals surface area contributed by atoms with Gasteiger partial charge in [0.15, 0.2) is 0 Å². The SMILES string of the molecule is CCCN(CC)[C@@H]1C=C(C(=O)O)C[C@H](N)[C@H]1NC(C)=O. The minimum Gasteiger partial charge on any atom is -0.478 e. The number of hydrogen-bond donors (Lipinski definition) is 3. The molecule has 0 heterocycles. The Labute approximate surface area is 120 Å². The fraction of sp³-hybridized carbons (Fsp3) is 0.714. The molecule has 3 atom stereocenters. The Hall–Kier alpha value is -1.40. The predicted octanol–water partition coefficient (Wildman–Crippen LogP) is 0.334. The van der Waals surface area contributed by atoms with E-state index in [1.54, 1.807) is 6.08 Å². The third-order valence-corrected chi connectivity index (χ3v) is 3.64. The molecule has 20 heavy (non-hydrogen) atoms. The summed E-state index contributed by atoms with van der Waals surface area (Å²) in [4.78, 5) is 24.7. The zero-order chi connectivity index (χ0) is 15.3. The van der Waals surface area contributed by atoms with Crippen molar-refractivity contribution in [1.29, 1.82) is 0 Å². The van der Waals surface area contributed by atoms with E-state index in [2.05, 4.69) is 17.1 Å². The van der Waals surface area contributed by atoms with Gasteiger partial charge in [-0.25, -0.2) is 4.79 Å². The molecule has 0 saturated carbocycles. The molecular weight excluding hydrogens is 258 g/mol. The largest absolute Gasteiger partial charge is 0.478 e. The number of carbonyl (C=O) groups is 2. The fourth-order valence-electron chi connectivity index (χ4n) is 2.74. The Kier molecular flexibility index (Phi) is 6.16. The van der Waals surface area contributed by atoms with Gasteiger partial charge in [0, 0.05) is 18.5 Å². The number of carboxylic acids is 1. The van der Waals surface area contributed by atoms with Gasteiger partial charge in [-0.1, -0.05) is 19.9 Å². The molecule has 0 aliphatic heterocycles. The molecule has 114 valence electrons. The van der Waals surface area contributed by atoms with Crippen LogP contribution in [0.5, 0.6) is 0 Å². The maximum atomic E-state index is 11.4. The summed E-state index contributed by atoms with van der Waals surface area (Å²) in [5.74, 6) is -1.07. The summed E-state index contributed by atoms with van der Waals surface area (Å²) in [5, 5.41) is 12.1. The molecule has 0 saturated heterocycles. The quantitative estimate of drug-likeness (QED) is 0.653. The number of carboxylic acid groups (broad SMARTS) is 1. The van der Waals surface area contributed by atoms with Crippen LogP contribution in [0.25, 0.3) is 0 Å². The Morgan fingerprint density at radius 2 is 2.15 bits per heavy atom. The molecule has 0 radical (unpaired) electrons. The van der Waals surface area contributed by atoms with Crippen LogP contribution < -0.4 is 11.1 Å². The van der Waals surface area contributed by atoms with Crippen molar-refractivity contribution in [3.63, 3.8) is 0 Å². The first kappa shape index (κ1) is 16.7. The smallest absolute Gasteiger partial charge is 0.331 e. The summed E-state index contributed by atoms with van der Waals surface area (Å²) in [7, 11) is 0. The van der Waals surface area contributed by atoms with Crippen molar-refractivity contribution < 1.29 is 14.7 Å². The van der Waals surface area contributed by atoms with Crippen molar-refractivity contribution in [2.24, 2.45) is 5.73 Å². The van der Waals surface area contributed by atoms with E-state index in [1.165, 1.54) is 6.92 Å². The highest BCUT2D eigenvalue weighted by atomic mass is 16.4. The van der Waals surface area contributed by atoms with Crippen molar-refractivity contribution in [2.45, 2.75) is 51.7 Å². The number of hydrogen-bond acceptors (Lipinski definition) is 4. The van der Waals surface area contributed by atoms with E-state index in [0.29, 0.717) is 5.57 Å². The summed E-state index contributed by atoms with van der Waals surface area (Å²) in [6.45, 7) is 7.17. The highest BCUT2D eigenvalue weighted by Gasteiger charge is 2.36. The first-order valence-corrected chi connectivity index (χ1v) is 7.11. The van der Waals surface area contributed by atoms with E-state index in [9.17, 15) is 14.7 Å². The first-order chi connectivity index (χ1) is 9.40. The van der Waals surface area contributed by atoms with E-state index >= 15 is 0 Å². The number of carbonyl (C=O) groups excluding carboxylic acids is 1. The van der Waals surface area contributed by atoms with Crippen LogP contribution in [0, 0.1) is 0 Å². The molecule has 1 aliphatic rings. The van der Waals surface area contributed by atoms with Crippen LogP contribution in [0.2, 0.25) is 0 Å². The van der Waals surface area contributed by atoms with Gasteiger partial charge < -0.3 is 16.2 Å². The summed E-state index contributed by atoms with van der Waals surface area (Å²) < 4.78 is 0. The van der Waals surface area contributed by atoms with E-state index in [-0.39, 0.29) is 30.5 Å². The Morgan fingerprint density at radius 1 is 1.50 bits per heavy atom. The molecule has 0 bridgehead atoms. The normalized spacial score (nSPS) is 26.2. The molecule has 0 unspecified atom stereocenters. The number of nitrogens with zero attached hydrogens (tertiary/aromatic N) is 1. The molecule has 6 heteroatoms. The van der Waals surface area contributed by atoms with Gasteiger partial charge in [0.2, 0.25) is 5.91 Å². The average molecular weight is 283 g/mol. The maximum Gasteiger partial charge on any atom is 0.331 e. The van der Waals surface area contributed by atoms with E-state index < -0.39 is 5.97 Å². The topological polar surface area (TPSA) is 95.7 Å². The van der Waals surface area contributed by atoms with Gasteiger partial charge in [-0.15, -0.1) is 0 Å². The minimum absolute atomic E-state index is 0.143. The van der Waals surface area contributed by atoms with Crippen molar-refractivity contribution in [3.8, 4) is 0 Å². The van der Waals surface area contributed by atoms with Crippen LogP contribution in [0.4, 0.5) is 0 Å². The molecule has 4 N–H and O–H groups in total. The van der Waals surface area contributed by atoms with Crippen molar-refractivity contribution >= 4 is 11.9 Å². The lowest BCUT2D eigenvalue weighted by molar-refractivity contribution is -0.133. The summed E-state index contributed by atoms with van der Waals surface area (Å²) in [6.07, 6.45) is 2.98. The van der Waals surface area contributed by atoms with Crippen LogP contribution >= 0.6 is 0 Å². The van der Waals surface area contributed by atoms with Crippen molar-refractivity contribution in [3.05, 3.63) is 11.6 Å². The van der Waals surface area contributed by atoms with Gasteiger partial charge in [0.1, 0.15) is 0 Å². The van der Waals surface area contributed by atoms with Gasteiger partial charge in [-0.3, -0.25) is 9.69 Å². The second-order valence-corrected chi connectivity index (χ2v) is 5.21. The number of amides is 1. The Balaban J connectivity index is 3.07.